The molecule has 0 radical (unpaired) electrons. The third kappa shape index (κ3) is 5.18. The third-order valence-corrected chi connectivity index (χ3v) is 9.77. The van der Waals surface area contributed by atoms with Crippen LogP contribution >= 0.6 is 11.3 Å². The van der Waals surface area contributed by atoms with E-state index in [1.54, 1.807) is 0 Å². The maximum Gasteiger partial charge on any atom is 0.156 e. The standard InChI is InChI=1S/C41H29N5S/c1-43-40(29-17-15-27(25-42)16-18-29)45-41(44-26-28-9-3-2-4-10-28)30-19-21-31(22-20-30)46-36-13-7-5-11-32(36)34-23-24-35-33-12-6-8-14-37(33)47-39(35)38(34)46/h2-24,26,40,43H,1H3. The number of thiophene rings is 1. The molecule has 0 aliphatic heterocycles. The van der Waals surface area contributed by atoms with Gasteiger partial charge in [-0.05, 0) is 66.7 Å². The number of nitrogens with zero attached hydrogens (tertiary/aromatic N) is 4. The summed E-state index contributed by atoms with van der Waals surface area (Å²) in [5.41, 5.74) is 6.94. The summed E-state index contributed by atoms with van der Waals surface area (Å²) in [5.74, 6) is 0.609. The molecule has 2 aromatic heterocycles. The van der Waals surface area contributed by atoms with E-state index in [9.17, 15) is 5.26 Å². The van der Waals surface area contributed by atoms with Crippen LogP contribution in [0, 0.1) is 11.3 Å². The van der Waals surface area contributed by atoms with Gasteiger partial charge in [0, 0.05) is 43.7 Å². The van der Waals surface area contributed by atoms with E-state index < -0.39 is 0 Å². The van der Waals surface area contributed by atoms with E-state index in [-0.39, 0.29) is 6.17 Å². The van der Waals surface area contributed by atoms with Crippen LogP contribution in [0.4, 0.5) is 0 Å². The topological polar surface area (TPSA) is 65.5 Å². The van der Waals surface area contributed by atoms with Crippen LogP contribution in [0.1, 0.15) is 28.4 Å². The molecular formula is C41H29N5S. The maximum atomic E-state index is 9.28. The number of aromatic nitrogens is 1. The van der Waals surface area contributed by atoms with E-state index in [0.717, 1.165) is 22.4 Å². The second kappa shape index (κ2) is 12.1. The summed E-state index contributed by atoms with van der Waals surface area (Å²) in [6.45, 7) is 0. The van der Waals surface area contributed by atoms with Gasteiger partial charge in [0.2, 0.25) is 0 Å². The number of nitriles is 1. The summed E-state index contributed by atoms with van der Waals surface area (Å²) in [4.78, 5) is 9.98. The molecule has 0 saturated carbocycles. The molecule has 0 bridgehead atoms. The predicted molar refractivity (Wildman–Crippen MR) is 197 cm³/mol. The van der Waals surface area contributed by atoms with E-state index in [1.165, 1.54) is 42.0 Å². The summed E-state index contributed by atoms with van der Waals surface area (Å²) < 4.78 is 4.97. The van der Waals surface area contributed by atoms with Crippen molar-refractivity contribution in [3.05, 3.63) is 162 Å². The van der Waals surface area contributed by atoms with Crippen molar-refractivity contribution in [2.75, 3.05) is 7.05 Å². The Morgan fingerprint density at radius 2 is 1.45 bits per heavy atom. The van der Waals surface area contributed by atoms with Crippen LogP contribution < -0.4 is 5.32 Å². The molecule has 1 atom stereocenters. The Bertz CT molecular complexity index is 2500. The molecular weight excluding hydrogens is 595 g/mol. The minimum Gasteiger partial charge on any atom is -0.308 e. The molecule has 0 fully saturated rings. The number of aliphatic imine (C=N–C) groups is 2. The first-order chi connectivity index (χ1) is 23.2. The van der Waals surface area contributed by atoms with Crippen LogP contribution in [0.25, 0.3) is 47.7 Å². The number of benzene rings is 6. The Morgan fingerprint density at radius 1 is 0.745 bits per heavy atom. The van der Waals surface area contributed by atoms with Crippen LogP contribution in [-0.2, 0) is 0 Å². The van der Waals surface area contributed by atoms with Gasteiger partial charge in [0.15, 0.2) is 5.84 Å². The van der Waals surface area contributed by atoms with Crippen LogP contribution in [0.2, 0.25) is 0 Å². The average molecular weight is 624 g/mol. The summed E-state index contributed by atoms with van der Waals surface area (Å²) in [6.07, 6.45) is 1.51. The van der Waals surface area contributed by atoms with Gasteiger partial charge in [-0.15, -0.1) is 11.3 Å². The quantitative estimate of drug-likeness (QED) is 0.148. The van der Waals surface area contributed by atoms with Gasteiger partial charge in [0.25, 0.3) is 0 Å². The summed E-state index contributed by atoms with van der Waals surface area (Å²) >= 11 is 1.85. The molecule has 47 heavy (non-hydrogen) atoms. The molecule has 0 saturated heterocycles. The first kappa shape index (κ1) is 28.6. The SMILES string of the molecule is CNC(N=C(N=Cc1ccccc1)c1ccc(-n2c3ccccc3c3ccc4c5ccccc5sc4c32)cc1)c1ccc(C#N)cc1. The second-order valence-corrected chi connectivity index (χ2v) is 12.4. The van der Waals surface area contributed by atoms with Crippen molar-refractivity contribution in [1.82, 2.24) is 9.88 Å². The van der Waals surface area contributed by atoms with Gasteiger partial charge >= 0.3 is 0 Å². The summed E-state index contributed by atoms with van der Waals surface area (Å²) in [5, 5.41) is 17.6. The van der Waals surface area contributed by atoms with Crippen molar-refractivity contribution in [1.29, 1.82) is 5.26 Å². The highest BCUT2D eigenvalue weighted by Gasteiger charge is 2.18. The maximum absolute atomic E-state index is 9.28. The van der Waals surface area contributed by atoms with Gasteiger partial charge in [0.05, 0.1) is 27.4 Å². The molecule has 8 rings (SSSR count). The minimum atomic E-state index is -0.344. The molecule has 1 unspecified atom stereocenters. The number of fused-ring (bicyclic) bond motifs is 7. The molecule has 2 heterocycles. The van der Waals surface area contributed by atoms with Crippen molar-refractivity contribution < 1.29 is 0 Å². The van der Waals surface area contributed by atoms with Crippen molar-refractivity contribution >= 4 is 65.4 Å². The molecule has 0 aliphatic rings. The van der Waals surface area contributed by atoms with E-state index in [0.29, 0.717) is 11.4 Å². The Labute approximate surface area is 276 Å². The largest absolute Gasteiger partial charge is 0.308 e. The second-order valence-electron chi connectivity index (χ2n) is 11.4. The Balaban J connectivity index is 1.27. The lowest BCUT2D eigenvalue weighted by Crippen LogP contribution is -2.16. The van der Waals surface area contributed by atoms with Gasteiger partial charge in [0.1, 0.15) is 6.17 Å². The van der Waals surface area contributed by atoms with Gasteiger partial charge in [-0.1, -0.05) is 91.0 Å². The zero-order chi connectivity index (χ0) is 31.7. The summed E-state index contributed by atoms with van der Waals surface area (Å²) in [7, 11) is 1.88. The van der Waals surface area contributed by atoms with Crippen LogP contribution in [0.3, 0.4) is 0 Å². The molecule has 1 N–H and O–H groups in total. The predicted octanol–water partition coefficient (Wildman–Crippen LogP) is 9.81. The highest BCUT2D eigenvalue weighted by Crippen LogP contribution is 2.42. The number of amidine groups is 1. The van der Waals surface area contributed by atoms with Crippen molar-refractivity contribution in [2.45, 2.75) is 6.17 Å². The molecule has 6 aromatic carbocycles. The smallest absolute Gasteiger partial charge is 0.156 e. The fourth-order valence-corrected chi connectivity index (χ4v) is 7.52. The van der Waals surface area contributed by atoms with Gasteiger partial charge < -0.3 is 4.57 Å². The van der Waals surface area contributed by atoms with Crippen LogP contribution in [-0.4, -0.2) is 23.7 Å². The van der Waals surface area contributed by atoms with E-state index in [1.807, 2.05) is 79.2 Å². The molecule has 6 heteroatoms. The average Bonchev–Trinajstić information content (AvgIpc) is 3.68. The monoisotopic (exact) mass is 623 g/mol. The molecule has 0 spiro atoms. The van der Waals surface area contributed by atoms with E-state index in [4.69, 9.17) is 9.98 Å². The highest BCUT2D eigenvalue weighted by atomic mass is 32.1. The Kier molecular flexibility index (Phi) is 7.39. The molecule has 224 valence electrons. The number of hydrogen-bond acceptors (Lipinski definition) is 4. The number of nitrogens with one attached hydrogen (secondary N) is 1. The van der Waals surface area contributed by atoms with Crippen LogP contribution in [0.5, 0.6) is 0 Å². The zero-order valence-corrected chi connectivity index (χ0v) is 26.4. The van der Waals surface area contributed by atoms with Gasteiger partial charge in [-0.2, -0.15) is 5.26 Å². The lowest BCUT2D eigenvalue weighted by Gasteiger charge is -2.14. The van der Waals surface area contributed by atoms with Crippen molar-refractivity contribution in [3.63, 3.8) is 0 Å². The Morgan fingerprint density at radius 3 is 2.21 bits per heavy atom. The number of hydrogen-bond donors (Lipinski definition) is 1. The lowest BCUT2D eigenvalue weighted by molar-refractivity contribution is 0.625. The zero-order valence-electron chi connectivity index (χ0n) is 25.6. The van der Waals surface area contributed by atoms with Gasteiger partial charge in [-0.25, -0.2) is 9.98 Å². The minimum absolute atomic E-state index is 0.344. The fraction of sp³-hybridized carbons (Fsp3) is 0.0488. The first-order valence-electron chi connectivity index (χ1n) is 15.5. The Hall–Kier alpha value is -5.87. The normalized spacial score (nSPS) is 12.8. The van der Waals surface area contributed by atoms with Crippen molar-refractivity contribution in [3.8, 4) is 11.8 Å². The summed E-state index contributed by atoms with van der Waals surface area (Å²) in [6, 6.07) is 50.1. The van der Waals surface area contributed by atoms with E-state index >= 15 is 0 Å². The number of rotatable bonds is 6. The van der Waals surface area contributed by atoms with Crippen LogP contribution in [0.15, 0.2) is 150 Å². The van der Waals surface area contributed by atoms with Crippen molar-refractivity contribution in [2.24, 2.45) is 9.98 Å². The molecule has 5 nitrogen and oxygen atoms in total. The fourth-order valence-electron chi connectivity index (χ4n) is 6.28. The third-order valence-electron chi connectivity index (χ3n) is 8.58. The first-order valence-corrected chi connectivity index (χ1v) is 16.3. The molecule has 0 aliphatic carbocycles. The molecule has 0 amide bonds. The van der Waals surface area contributed by atoms with Gasteiger partial charge in [-0.3, -0.25) is 5.32 Å². The highest BCUT2D eigenvalue weighted by molar-refractivity contribution is 7.26. The molecule has 8 aromatic rings. The lowest BCUT2D eigenvalue weighted by atomic mass is 10.1. The number of para-hydroxylation sites is 1. The van der Waals surface area contributed by atoms with E-state index in [2.05, 4.69) is 101 Å².